The van der Waals surface area contributed by atoms with Crippen molar-refractivity contribution in [1.82, 2.24) is 20.2 Å². The molecule has 0 bridgehead atoms. The van der Waals surface area contributed by atoms with Gasteiger partial charge in [0.1, 0.15) is 11.8 Å². The van der Waals surface area contributed by atoms with E-state index in [0.29, 0.717) is 48.0 Å². The Morgan fingerprint density at radius 3 is 2.83 bits per heavy atom. The summed E-state index contributed by atoms with van der Waals surface area (Å²) < 4.78 is 39.2. The predicted molar refractivity (Wildman–Crippen MR) is 137 cm³/mol. The molecule has 1 aromatic heterocycles. The maximum atomic E-state index is 12.6. The van der Waals surface area contributed by atoms with Gasteiger partial charge in [-0.1, -0.05) is 30.3 Å². The van der Waals surface area contributed by atoms with Gasteiger partial charge in [0.2, 0.25) is 15.8 Å². The third-order valence-electron chi connectivity index (χ3n) is 5.94. The minimum absolute atomic E-state index is 0.0401. The molecule has 1 heterocycles. The molecular weight excluding hydrogens is 478 g/mol. The Morgan fingerprint density at radius 2 is 2.08 bits per heavy atom. The zero-order valence-corrected chi connectivity index (χ0v) is 21.6. The molecule has 3 aromatic rings. The lowest BCUT2D eigenvalue weighted by atomic mass is 10.0. The summed E-state index contributed by atoms with van der Waals surface area (Å²) in [6, 6.07) is 12.8. The van der Waals surface area contributed by atoms with Crippen LogP contribution in [-0.4, -0.2) is 43.5 Å². The minimum Gasteiger partial charge on any atom is -0.490 e. The molecule has 10 heteroatoms. The molecule has 2 aromatic carbocycles. The molecule has 0 amide bonds. The van der Waals surface area contributed by atoms with Crippen LogP contribution in [-0.2, 0) is 16.4 Å². The summed E-state index contributed by atoms with van der Waals surface area (Å²) >= 11 is 0. The van der Waals surface area contributed by atoms with Gasteiger partial charge in [0, 0.05) is 23.7 Å². The predicted octanol–water partition coefficient (Wildman–Crippen LogP) is 3.97. The molecule has 0 spiro atoms. The van der Waals surface area contributed by atoms with Gasteiger partial charge >= 0.3 is 0 Å². The summed E-state index contributed by atoms with van der Waals surface area (Å²) in [7, 11) is -3.41. The fourth-order valence-electron chi connectivity index (χ4n) is 4.33. The number of nitrogens with zero attached hydrogens (tertiary/aromatic N) is 3. The average molecular weight is 510 g/mol. The number of nitriles is 1. The van der Waals surface area contributed by atoms with Crippen molar-refractivity contribution in [2.75, 3.05) is 18.8 Å². The molecule has 0 aliphatic heterocycles. The van der Waals surface area contributed by atoms with Crippen LogP contribution in [0.15, 0.2) is 40.9 Å². The molecule has 0 unspecified atom stereocenters. The molecule has 1 atom stereocenters. The lowest BCUT2D eigenvalue weighted by molar-refractivity contribution is 0.241. The average Bonchev–Trinajstić information content (AvgIpc) is 3.49. The molecule has 0 saturated carbocycles. The second-order valence-electron chi connectivity index (χ2n) is 9.06. The molecule has 0 saturated heterocycles. The van der Waals surface area contributed by atoms with Crippen LogP contribution in [0, 0.1) is 11.3 Å². The van der Waals surface area contributed by atoms with Crippen LogP contribution >= 0.6 is 0 Å². The van der Waals surface area contributed by atoms with Gasteiger partial charge in [0.25, 0.3) is 5.89 Å². The Kier molecular flexibility index (Phi) is 8.04. The molecule has 190 valence electrons. The SMILES string of the molecule is CCCNCCS(=O)(=O)N[C@@H]1CCc2c(-c3noc(-c4ccc(OC(C)C)c(C#N)c4)n3)cccc21. The normalized spacial score (nSPS) is 15.1. The van der Waals surface area contributed by atoms with Gasteiger partial charge in [-0.05, 0) is 69.0 Å². The Morgan fingerprint density at radius 1 is 1.25 bits per heavy atom. The summed E-state index contributed by atoms with van der Waals surface area (Å²) in [4.78, 5) is 4.58. The Labute approximate surface area is 211 Å². The first-order valence-electron chi connectivity index (χ1n) is 12.2. The molecule has 9 nitrogen and oxygen atoms in total. The van der Waals surface area contributed by atoms with Gasteiger partial charge < -0.3 is 14.6 Å². The fourth-order valence-corrected chi connectivity index (χ4v) is 5.54. The number of nitrogens with one attached hydrogen (secondary N) is 2. The zero-order chi connectivity index (χ0) is 25.7. The van der Waals surface area contributed by atoms with Gasteiger partial charge in [0.15, 0.2) is 0 Å². The van der Waals surface area contributed by atoms with Gasteiger partial charge in [-0.15, -0.1) is 0 Å². The maximum Gasteiger partial charge on any atom is 0.258 e. The van der Waals surface area contributed by atoms with Gasteiger partial charge in [0.05, 0.1) is 17.4 Å². The zero-order valence-electron chi connectivity index (χ0n) is 20.7. The molecule has 1 aliphatic carbocycles. The second kappa shape index (κ2) is 11.2. The summed E-state index contributed by atoms with van der Waals surface area (Å²) in [5.74, 6) is 1.27. The monoisotopic (exact) mass is 509 g/mol. The number of rotatable bonds is 11. The van der Waals surface area contributed by atoms with Gasteiger partial charge in [-0.25, -0.2) is 13.1 Å². The van der Waals surface area contributed by atoms with Crippen molar-refractivity contribution < 1.29 is 17.7 Å². The highest BCUT2D eigenvalue weighted by molar-refractivity contribution is 7.89. The highest BCUT2D eigenvalue weighted by atomic mass is 32.2. The molecule has 0 fully saturated rings. The van der Waals surface area contributed by atoms with E-state index in [1.165, 1.54) is 0 Å². The number of hydrogen-bond acceptors (Lipinski definition) is 8. The van der Waals surface area contributed by atoms with Crippen molar-refractivity contribution in [2.45, 2.75) is 52.2 Å². The van der Waals surface area contributed by atoms with E-state index in [-0.39, 0.29) is 17.9 Å². The van der Waals surface area contributed by atoms with Crippen molar-refractivity contribution >= 4 is 10.0 Å². The molecular formula is C26H31N5O4S. The molecule has 4 rings (SSSR count). The highest BCUT2D eigenvalue weighted by Crippen LogP contribution is 2.38. The van der Waals surface area contributed by atoms with Crippen molar-refractivity contribution in [3.8, 4) is 34.7 Å². The third kappa shape index (κ3) is 5.93. The van der Waals surface area contributed by atoms with E-state index >= 15 is 0 Å². The standard InChI is InChI=1S/C26H31N5O4S/c1-4-12-28-13-14-36(32,33)31-23-10-9-20-21(23)6-5-7-22(20)25-29-26(35-30-25)18-8-11-24(34-17(2)3)19(15-18)16-27/h5-8,11,15,17,23,28,31H,4,9-10,12-14H2,1-3H3/t23-/m1/s1. The topological polar surface area (TPSA) is 130 Å². The van der Waals surface area contributed by atoms with E-state index in [4.69, 9.17) is 9.26 Å². The lowest BCUT2D eigenvalue weighted by Gasteiger charge is -2.15. The Balaban J connectivity index is 1.54. The number of fused-ring (bicyclic) bond motifs is 1. The number of ether oxygens (including phenoxy) is 1. The van der Waals surface area contributed by atoms with Crippen molar-refractivity contribution in [3.05, 3.63) is 53.1 Å². The fraction of sp³-hybridized carbons (Fsp3) is 0.423. The summed E-state index contributed by atoms with van der Waals surface area (Å²) in [5.41, 5.74) is 3.78. The van der Waals surface area contributed by atoms with Crippen LogP contribution in [0.3, 0.4) is 0 Å². The first-order chi connectivity index (χ1) is 17.3. The highest BCUT2D eigenvalue weighted by Gasteiger charge is 2.29. The Bertz CT molecular complexity index is 1360. The van der Waals surface area contributed by atoms with Crippen LogP contribution in [0.2, 0.25) is 0 Å². The van der Waals surface area contributed by atoms with Gasteiger partial charge in [-0.3, -0.25) is 0 Å². The minimum atomic E-state index is -3.41. The number of benzene rings is 2. The summed E-state index contributed by atoms with van der Waals surface area (Å²) in [5, 5.41) is 16.8. The van der Waals surface area contributed by atoms with Crippen LogP contribution in [0.5, 0.6) is 5.75 Å². The van der Waals surface area contributed by atoms with Gasteiger partial charge in [-0.2, -0.15) is 10.2 Å². The third-order valence-corrected chi connectivity index (χ3v) is 7.33. The van der Waals surface area contributed by atoms with E-state index < -0.39 is 10.0 Å². The number of sulfonamides is 1. The molecule has 0 radical (unpaired) electrons. The number of aromatic nitrogens is 2. The molecule has 1 aliphatic rings. The second-order valence-corrected chi connectivity index (χ2v) is 10.9. The first-order valence-corrected chi connectivity index (χ1v) is 13.8. The van der Waals surface area contributed by atoms with Crippen molar-refractivity contribution in [3.63, 3.8) is 0 Å². The van der Waals surface area contributed by atoms with E-state index in [0.717, 1.165) is 29.7 Å². The van der Waals surface area contributed by atoms with Crippen LogP contribution in [0.25, 0.3) is 22.8 Å². The van der Waals surface area contributed by atoms with Crippen molar-refractivity contribution in [2.24, 2.45) is 0 Å². The quantitative estimate of drug-likeness (QED) is 0.371. The van der Waals surface area contributed by atoms with Crippen molar-refractivity contribution in [1.29, 1.82) is 5.26 Å². The summed E-state index contributed by atoms with van der Waals surface area (Å²) in [6.07, 6.45) is 2.28. The van der Waals surface area contributed by atoms with E-state index in [9.17, 15) is 13.7 Å². The van der Waals surface area contributed by atoms with E-state index in [1.807, 2.05) is 39.0 Å². The molecule has 2 N–H and O–H groups in total. The van der Waals surface area contributed by atoms with Crippen LogP contribution in [0.4, 0.5) is 0 Å². The number of hydrogen-bond donors (Lipinski definition) is 2. The van der Waals surface area contributed by atoms with Crippen LogP contribution < -0.4 is 14.8 Å². The molecule has 36 heavy (non-hydrogen) atoms. The van der Waals surface area contributed by atoms with Crippen LogP contribution in [0.1, 0.15) is 56.3 Å². The maximum absolute atomic E-state index is 12.6. The smallest absolute Gasteiger partial charge is 0.258 e. The largest absolute Gasteiger partial charge is 0.490 e. The Hall–Kier alpha value is -3.26. The first kappa shape index (κ1) is 25.8. The lowest BCUT2D eigenvalue weighted by Crippen LogP contribution is -2.34. The summed E-state index contributed by atoms with van der Waals surface area (Å²) in [6.45, 7) is 7.07. The van der Waals surface area contributed by atoms with E-state index in [2.05, 4.69) is 26.2 Å². The van der Waals surface area contributed by atoms with E-state index in [1.54, 1.807) is 18.2 Å².